The third kappa shape index (κ3) is 3.23. The molecular formula is C15H24N2OS. The quantitative estimate of drug-likeness (QED) is 0.860. The highest BCUT2D eigenvalue weighted by atomic mass is 32.1. The van der Waals surface area contributed by atoms with Crippen LogP contribution in [0.2, 0.25) is 0 Å². The second-order valence-corrected chi connectivity index (χ2v) is 7.60. The molecule has 0 fully saturated rings. The van der Waals surface area contributed by atoms with Crippen molar-refractivity contribution in [2.45, 2.75) is 58.9 Å². The summed E-state index contributed by atoms with van der Waals surface area (Å²) in [5, 5.41) is 4.27. The van der Waals surface area contributed by atoms with Crippen LogP contribution in [0.4, 0.5) is 0 Å². The van der Waals surface area contributed by atoms with Gasteiger partial charge in [0.1, 0.15) is 0 Å². The van der Waals surface area contributed by atoms with Crippen LogP contribution in [0.5, 0.6) is 0 Å². The standard InChI is InChI=1S/C15H24N2OS/c1-5-6-16-10-7-11(15(2,3)4)14-12(8-10)19-13(9-18)17-14/h9-11,16H,5-8H2,1-4H3. The molecule has 0 amide bonds. The maximum Gasteiger partial charge on any atom is 0.178 e. The molecule has 19 heavy (non-hydrogen) atoms. The van der Waals surface area contributed by atoms with Gasteiger partial charge in [-0.1, -0.05) is 27.7 Å². The molecule has 1 heterocycles. The number of carbonyl (C=O) groups excluding carboxylic acids is 1. The zero-order chi connectivity index (χ0) is 14.0. The summed E-state index contributed by atoms with van der Waals surface area (Å²) < 4.78 is 0. The monoisotopic (exact) mass is 280 g/mol. The molecule has 0 aromatic carbocycles. The molecular weight excluding hydrogens is 256 g/mol. The van der Waals surface area contributed by atoms with Crippen molar-refractivity contribution in [2.75, 3.05) is 6.54 Å². The van der Waals surface area contributed by atoms with Crippen molar-refractivity contribution in [3.05, 3.63) is 15.6 Å². The van der Waals surface area contributed by atoms with Gasteiger partial charge in [-0.3, -0.25) is 4.79 Å². The molecule has 1 aromatic rings. The highest BCUT2D eigenvalue weighted by Crippen LogP contribution is 2.44. The first-order valence-corrected chi connectivity index (χ1v) is 7.95. The molecule has 0 aliphatic heterocycles. The minimum Gasteiger partial charge on any atom is -0.314 e. The number of hydrogen-bond donors (Lipinski definition) is 1. The minimum absolute atomic E-state index is 0.190. The lowest BCUT2D eigenvalue weighted by atomic mass is 9.72. The highest BCUT2D eigenvalue weighted by Gasteiger charge is 2.36. The highest BCUT2D eigenvalue weighted by molar-refractivity contribution is 7.13. The minimum atomic E-state index is 0.190. The third-order valence-electron chi connectivity index (χ3n) is 3.86. The van der Waals surface area contributed by atoms with Crippen molar-refractivity contribution in [3.63, 3.8) is 0 Å². The summed E-state index contributed by atoms with van der Waals surface area (Å²) in [6, 6.07) is 0.525. The molecule has 2 rings (SSSR count). The number of nitrogens with one attached hydrogen (secondary N) is 1. The predicted octanol–water partition coefficient (Wildman–Crippen LogP) is 3.40. The lowest BCUT2D eigenvalue weighted by Gasteiger charge is -2.37. The number of carbonyl (C=O) groups is 1. The van der Waals surface area contributed by atoms with Crippen LogP contribution in [0, 0.1) is 5.41 Å². The molecule has 1 aliphatic rings. The van der Waals surface area contributed by atoms with Gasteiger partial charge in [0.25, 0.3) is 0 Å². The normalized spacial score (nSPS) is 23.2. The lowest BCUT2D eigenvalue weighted by molar-refractivity contribution is 0.112. The molecule has 0 spiro atoms. The Balaban J connectivity index is 2.28. The van der Waals surface area contributed by atoms with E-state index < -0.39 is 0 Å². The van der Waals surface area contributed by atoms with Crippen molar-refractivity contribution in [1.82, 2.24) is 10.3 Å². The van der Waals surface area contributed by atoms with E-state index in [0.717, 1.165) is 32.1 Å². The second kappa shape index (κ2) is 5.71. The van der Waals surface area contributed by atoms with Crippen LogP contribution in [0.3, 0.4) is 0 Å². The van der Waals surface area contributed by atoms with Gasteiger partial charge >= 0.3 is 0 Å². The van der Waals surface area contributed by atoms with E-state index in [1.807, 2.05) is 0 Å². The van der Waals surface area contributed by atoms with Crippen LogP contribution in [-0.2, 0) is 6.42 Å². The van der Waals surface area contributed by atoms with E-state index in [4.69, 9.17) is 0 Å². The summed E-state index contributed by atoms with van der Waals surface area (Å²) in [6.45, 7) is 10.1. The average molecular weight is 280 g/mol. The van der Waals surface area contributed by atoms with Crippen molar-refractivity contribution < 1.29 is 4.79 Å². The number of rotatable bonds is 4. The van der Waals surface area contributed by atoms with Crippen molar-refractivity contribution in [2.24, 2.45) is 5.41 Å². The Hall–Kier alpha value is -0.740. The Kier molecular flexibility index (Phi) is 4.41. The number of hydrogen-bond acceptors (Lipinski definition) is 4. The molecule has 1 N–H and O–H groups in total. The van der Waals surface area contributed by atoms with E-state index in [0.29, 0.717) is 17.0 Å². The molecule has 106 valence electrons. The summed E-state index contributed by atoms with van der Waals surface area (Å²) in [5.74, 6) is 0.440. The van der Waals surface area contributed by atoms with Gasteiger partial charge in [0, 0.05) is 16.8 Å². The van der Waals surface area contributed by atoms with Gasteiger partial charge in [0.05, 0.1) is 5.69 Å². The Morgan fingerprint density at radius 1 is 1.47 bits per heavy atom. The van der Waals surface area contributed by atoms with Gasteiger partial charge in [-0.25, -0.2) is 4.98 Å². The molecule has 0 saturated heterocycles. The SMILES string of the molecule is CCCNC1Cc2sc(C=O)nc2C(C(C)(C)C)C1. The fraction of sp³-hybridized carbons (Fsp3) is 0.733. The summed E-state index contributed by atoms with van der Waals surface area (Å²) >= 11 is 1.57. The zero-order valence-electron chi connectivity index (χ0n) is 12.3. The van der Waals surface area contributed by atoms with Gasteiger partial charge in [0.15, 0.2) is 11.3 Å². The molecule has 1 aliphatic carbocycles. The van der Waals surface area contributed by atoms with Gasteiger partial charge < -0.3 is 5.32 Å². The van der Waals surface area contributed by atoms with Crippen LogP contribution < -0.4 is 5.32 Å². The lowest BCUT2D eigenvalue weighted by Crippen LogP contribution is -2.39. The Morgan fingerprint density at radius 2 is 2.21 bits per heavy atom. The smallest absolute Gasteiger partial charge is 0.178 e. The largest absolute Gasteiger partial charge is 0.314 e. The van der Waals surface area contributed by atoms with E-state index in [9.17, 15) is 4.79 Å². The Bertz CT molecular complexity index is 447. The zero-order valence-corrected chi connectivity index (χ0v) is 13.1. The maximum absolute atomic E-state index is 11.0. The van der Waals surface area contributed by atoms with Gasteiger partial charge in [-0.15, -0.1) is 11.3 Å². The Labute approximate surface area is 119 Å². The molecule has 0 bridgehead atoms. The number of fused-ring (bicyclic) bond motifs is 1. The molecule has 0 radical (unpaired) electrons. The molecule has 2 atom stereocenters. The predicted molar refractivity (Wildman–Crippen MR) is 80.1 cm³/mol. The molecule has 0 saturated carbocycles. The summed E-state index contributed by atoms with van der Waals surface area (Å²) in [7, 11) is 0. The number of aromatic nitrogens is 1. The fourth-order valence-corrected chi connectivity index (χ4v) is 3.84. The van der Waals surface area contributed by atoms with Gasteiger partial charge in [-0.05, 0) is 31.2 Å². The second-order valence-electron chi connectivity index (χ2n) is 6.49. The van der Waals surface area contributed by atoms with E-state index in [1.165, 1.54) is 10.6 Å². The third-order valence-corrected chi connectivity index (χ3v) is 4.87. The number of thiazole rings is 1. The van der Waals surface area contributed by atoms with Gasteiger partial charge in [-0.2, -0.15) is 0 Å². The Morgan fingerprint density at radius 3 is 2.79 bits per heavy atom. The van der Waals surface area contributed by atoms with Gasteiger partial charge in [0.2, 0.25) is 0 Å². The summed E-state index contributed by atoms with van der Waals surface area (Å²) in [4.78, 5) is 16.8. The van der Waals surface area contributed by atoms with E-state index >= 15 is 0 Å². The topological polar surface area (TPSA) is 42.0 Å². The van der Waals surface area contributed by atoms with E-state index in [-0.39, 0.29) is 5.41 Å². The van der Waals surface area contributed by atoms with Crippen LogP contribution in [-0.4, -0.2) is 23.9 Å². The van der Waals surface area contributed by atoms with Crippen LogP contribution in [0.25, 0.3) is 0 Å². The van der Waals surface area contributed by atoms with Crippen molar-refractivity contribution >= 4 is 17.6 Å². The molecule has 1 aromatic heterocycles. The first-order chi connectivity index (χ1) is 8.95. The maximum atomic E-state index is 11.0. The first-order valence-electron chi connectivity index (χ1n) is 7.13. The summed E-state index contributed by atoms with van der Waals surface area (Å²) in [6.07, 6.45) is 4.19. The van der Waals surface area contributed by atoms with Crippen LogP contribution >= 0.6 is 11.3 Å². The van der Waals surface area contributed by atoms with Crippen molar-refractivity contribution in [1.29, 1.82) is 0 Å². The van der Waals surface area contributed by atoms with Crippen LogP contribution in [0.1, 0.15) is 66.8 Å². The number of aldehydes is 1. The van der Waals surface area contributed by atoms with Crippen molar-refractivity contribution in [3.8, 4) is 0 Å². The average Bonchev–Trinajstić information content (AvgIpc) is 2.76. The summed E-state index contributed by atoms with van der Waals surface area (Å²) in [5.41, 5.74) is 1.37. The van der Waals surface area contributed by atoms with E-state index in [1.54, 1.807) is 11.3 Å². The van der Waals surface area contributed by atoms with Crippen LogP contribution in [0.15, 0.2) is 0 Å². The molecule has 3 nitrogen and oxygen atoms in total. The molecule has 4 heteroatoms. The fourth-order valence-electron chi connectivity index (χ4n) is 2.82. The number of nitrogens with zero attached hydrogens (tertiary/aromatic N) is 1. The van der Waals surface area contributed by atoms with E-state index in [2.05, 4.69) is 38.0 Å². The first kappa shape index (κ1) is 14.7. The molecule has 2 unspecified atom stereocenters.